The second-order valence-electron chi connectivity index (χ2n) is 5.07. The van der Waals surface area contributed by atoms with Crippen molar-refractivity contribution in [1.29, 1.82) is 0 Å². The smallest absolute Gasteiger partial charge is 0.227 e. The molecule has 3 heterocycles. The molecular formula is C14H9Cl2N7OS. The zero-order valence-electron chi connectivity index (χ0n) is 12.4. The number of nitrogens with two attached hydrogens (primary N) is 1. The Morgan fingerprint density at radius 1 is 1.20 bits per heavy atom. The normalized spacial score (nSPS) is 11.4. The molecule has 0 atom stereocenters. The Morgan fingerprint density at radius 2 is 2.04 bits per heavy atom. The average molecular weight is 394 g/mol. The van der Waals surface area contributed by atoms with E-state index in [0.717, 1.165) is 5.69 Å². The van der Waals surface area contributed by atoms with E-state index < -0.39 is 5.91 Å². The topological polar surface area (TPSA) is 104 Å². The fourth-order valence-electron chi connectivity index (χ4n) is 2.34. The Morgan fingerprint density at radius 3 is 2.80 bits per heavy atom. The van der Waals surface area contributed by atoms with Crippen LogP contribution in [-0.4, -0.2) is 41.0 Å². The van der Waals surface area contributed by atoms with Crippen molar-refractivity contribution < 1.29 is 4.79 Å². The van der Waals surface area contributed by atoms with Gasteiger partial charge in [0.25, 0.3) is 0 Å². The van der Waals surface area contributed by atoms with Crippen LogP contribution in [0.1, 0.15) is 0 Å². The molecule has 0 fully saturated rings. The lowest BCUT2D eigenvalue weighted by Gasteiger charge is -2.04. The van der Waals surface area contributed by atoms with Crippen molar-refractivity contribution >= 4 is 57.6 Å². The van der Waals surface area contributed by atoms with Crippen LogP contribution >= 0.6 is 35.0 Å². The quantitative estimate of drug-likeness (QED) is 0.533. The Balaban J connectivity index is 1.83. The van der Waals surface area contributed by atoms with Gasteiger partial charge in [-0.2, -0.15) is 5.10 Å². The number of amides is 1. The van der Waals surface area contributed by atoms with Gasteiger partial charge in [-0.1, -0.05) is 35.0 Å². The van der Waals surface area contributed by atoms with Gasteiger partial charge in [0.15, 0.2) is 16.5 Å². The maximum Gasteiger partial charge on any atom is 0.227 e. The Hall–Kier alpha value is -2.36. The minimum atomic E-state index is -0.428. The molecule has 0 spiro atoms. The third kappa shape index (κ3) is 2.80. The van der Waals surface area contributed by atoms with Crippen LogP contribution in [-0.2, 0) is 4.79 Å². The van der Waals surface area contributed by atoms with Crippen LogP contribution in [0.2, 0.25) is 10.0 Å². The fourth-order valence-corrected chi connectivity index (χ4v) is 3.28. The van der Waals surface area contributed by atoms with Gasteiger partial charge in [-0.15, -0.1) is 10.2 Å². The van der Waals surface area contributed by atoms with Crippen molar-refractivity contribution in [3.63, 3.8) is 0 Å². The Labute approximate surface area is 154 Å². The van der Waals surface area contributed by atoms with Crippen LogP contribution in [0.3, 0.4) is 0 Å². The maximum atomic E-state index is 10.9. The first kappa shape index (κ1) is 16.1. The summed E-state index contributed by atoms with van der Waals surface area (Å²) < 4.78 is 3.33. The van der Waals surface area contributed by atoms with Gasteiger partial charge in [0.1, 0.15) is 6.33 Å². The van der Waals surface area contributed by atoms with Crippen LogP contribution in [0, 0.1) is 0 Å². The van der Waals surface area contributed by atoms with E-state index in [-0.39, 0.29) is 5.75 Å². The molecule has 0 bridgehead atoms. The van der Waals surface area contributed by atoms with Gasteiger partial charge < -0.3 is 5.73 Å². The van der Waals surface area contributed by atoms with Crippen LogP contribution in [0.15, 0.2) is 35.9 Å². The molecule has 11 heteroatoms. The van der Waals surface area contributed by atoms with E-state index in [0.29, 0.717) is 31.9 Å². The highest BCUT2D eigenvalue weighted by Gasteiger charge is 2.15. The highest BCUT2D eigenvalue weighted by atomic mass is 35.5. The first-order valence-corrected chi connectivity index (χ1v) is 8.73. The van der Waals surface area contributed by atoms with E-state index in [1.165, 1.54) is 11.8 Å². The molecule has 0 aliphatic rings. The van der Waals surface area contributed by atoms with Crippen molar-refractivity contribution in [3.8, 4) is 5.69 Å². The summed E-state index contributed by atoms with van der Waals surface area (Å²) >= 11 is 13.2. The molecule has 0 saturated carbocycles. The number of aromatic nitrogens is 6. The fraction of sp³-hybridized carbons (Fsp3) is 0.0714. The van der Waals surface area contributed by atoms with Gasteiger partial charge in [0.2, 0.25) is 5.91 Å². The summed E-state index contributed by atoms with van der Waals surface area (Å²) in [7, 11) is 0. The first-order valence-electron chi connectivity index (χ1n) is 6.98. The summed E-state index contributed by atoms with van der Waals surface area (Å²) in [6, 6.07) is 5.20. The minimum absolute atomic E-state index is 0.112. The van der Waals surface area contributed by atoms with E-state index in [4.69, 9.17) is 28.9 Å². The molecule has 2 N–H and O–H groups in total. The van der Waals surface area contributed by atoms with Crippen molar-refractivity contribution in [2.45, 2.75) is 5.16 Å². The predicted octanol–water partition coefficient (Wildman–Crippen LogP) is 2.35. The number of carbonyl (C=O) groups is 1. The SMILES string of the molecule is NC(=O)CSc1nnc2c3cnn(-c4ccc(Cl)c(Cl)c4)c3ncn12. The number of hydrogen-bond donors (Lipinski definition) is 1. The lowest BCUT2D eigenvalue weighted by Crippen LogP contribution is -2.13. The van der Waals surface area contributed by atoms with Crippen molar-refractivity contribution in [1.82, 2.24) is 29.4 Å². The van der Waals surface area contributed by atoms with Crippen molar-refractivity contribution in [2.75, 3.05) is 5.75 Å². The summed E-state index contributed by atoms with van der Waals surface area (Å²) in [5.74, 6) is -0.315. The van der Waals surface area contributed by atoms with Gasteiger partial charge in [-0.05, 0) is 18.2 Å². The number of fused-ring (bicyclic) bond motifs is 3. The number of benzene rings is 1. The van der Waals surface area contributed by atoms with Crippen LogP contribution < -0.4 is 5.73 Å². The molecule has 1 aromatic carbocycles. The van der Waals surface area contributed by atoms with Crippen LogP contribution in [0.5, 0.6) is 0 Å². The van der Waals surface area contributed by atoms with Gasteiger partial charge in [0, 0.05) is 0 Å². The molecule has 1 amide bonds. The minimum Gasteiger partial charge on any atom is -0.369 e. The van der Waals surface area contributed by atoms with Crippen molar-refractivity contribution in [2.24, 2.45) is 5.73 Å². The highest BCUT2D eigenvalue weighted by Crippen LogP contribution is 2.27. The lowest BCUT2D eigenvalue weighted by atomic mass is 10.3. The third-order valence-electron chi connectivity index (χ3n) is 3.44. The third-order valence-corrected chi connectivity index (χ3v) is 5.14. The standard InChI is InChI=1S/C14H9Cl2N7OS/c15-9-2-1-7(3-10(9)16)23-12-8(4-19-23)13-20-21-14(22(13)6-18-12)25-5-11(17)24/h1-4,6H,5H2,(H2,17,24). The molecule has 126 valence electrons. The zero-order valence-corrected chi connectivity index (χ0v) is 14.8. The molecular weight excluding hydrogens is 385 g/mol. The molecule has 0 radical (unpaired) electrons. The summed E-state index contributed by atoms with van der Waals surface area (Å²) in [5, 5.41) is 14.7. The highest BCUT2D eigenvalue weighted by molar-refractivity contribution is 7.99. The predicted molar refractivity (Wildman–Crippen MR) is 95.3 cm³/mol. The van der Waals surface area contributed by atoms with Crippen LogP contribution in [0.4, 0.5) is 0 Å². The zero-order chi connectivity index (χ0) is 17.6. The van der Waals surface area contributed by atoms with E-state index in [2.05, 4.69) is 20.3 Å². The molecule has 0 unspecified atom stereocenters. The number of hydrogen-bond acceptors (Lipinski definition) is 6. The molecule has 0 saturated heterocycles. The maximum absolute atomic E-state index is 10.9. The van der Waals surface area contributed by atoms with E-state index in [1.54, 1.807) is 39.8 Å². The summed E-state index contributed by atoms with van der Waals surface area (Å²) in [4.78, 5) is 15.4. The molecule has 4 rings (SSSR count). The van der Waals surface area contributed by atoms with Gasteiger partial charge in [-0.25, -0.2) is 9.67 Å². The largest absolute Gasteiger partial charge is 0.369 e. The molecule has 25 heavy (non-hydrogen) atoms. The molecule has 8 nitrogen and oxygen atoms in total. The molecule has 4 aromatic rings. The van der Waals surface area contributed by atoms with Gasteiger partial charge >= 0.3 is 0 Å². The number of halogens is 2. The van der Waals surface area contributed by atoms with Crippen molar-refractivity contribution in [3.05, 3.63) is 40.8 Å². The first-order chi connectivity index (χ1) is 12.0. The van der Waals surface area contributed by atoms with E-state index >= 15 is 0 Å². The second-order valence-corrected chi connectivity index (χ2v) is 6.82. The number of carbonyl (C=O) groups excluding carboxylic acids is 1. The average Bonchev–Trinajstić information content (AvgIpc) is 3.18. The molecule has 0 aliphatic carbocycles. The Bertz CT molecular complexity index is 1120. The number of rotatable bonds is 4. The second kappa shape index (κ2) is 6.17. The lowest BCUT2D eigenvalue weighted by molar-refractivity contribution is -0.115. The summed E-state index contributed by atoms with van der Waals surface area (Å²) in [5.41, 5.74) is 7.08. The number of nitrogens with zero attached hydrogens (tertiary/aromatic N) is 6. The van der Waals surface area contributed by atoms with Crippen LogP contribution in [0.25, 0.3) is 22.4 Å². The van der Waals surface area contributed by atoms with E-state index in [1.807, 2.05) is 0 Å². The van der Waals surface area contributed by atoms with Gasteiger partial charge in [0.05, 0.1) is 33.1 Å². The Kier molecular flexibility index (Phi) is 3.98. The molecule has 0 aliphatic heterocycles. The number of primary amides is 1. The monoisotopic (exact) mass is 393 g/mol. The summed E-state index contributed by atoms with van der Waals surface area (Å²) in [6.07, 6.45) is 3.23. The van der Waals surface area contributed by atoms with E-state index in [9.17, 15) is 4.79 Å². The number of thioether (sulfide) groups is 1. The molecule has 3 aromatic heterocycles. The van der Waals surface area contributed by atoms with Gasteiger partial charge in [-0.3, -0.25) is 9.20 Å². The summed E-state index contributed by atoms with van der Waals surface area (Å²) in [6.45, 7) is 0.